The number of nitrogens with two attached hydrogens (primary N) is 1. The van der Waals surface area contributed by atoms with E-state index in [1.54, 1.807) is 6.07 Å². The fourth-order valence-electron chi connectivity index (χ4n) is 2.24. The third-order valence-corrected chi connectivity index (χ3v) is 3.15. The topological polar surface area (TPSA) is 29.3 Å². The van der Waals surface area contributed by atoms with Crippen LogP contribution in [0.3, 0.4) is 0 Å². The predicted octanol–water partition coefficient (Wildman–Crippen LogP) is 2.06. The van der Waals surface area contributed by atoms with Crippen LogP contribution in [0.1, 0.15) is 24.4 Å². The molecule has 1 unspecified atom stereocenters. The van der Waals surface area contributed by atoms with Crippen LogP contribution >= 0.6 is 0 Å². The molecule has 0 radical (unpaired) electrons. The van der Waals surface area contributed by atoms with E-state index < -0.39 is 11.6 Å². The largest absolute Gasteiger partial charge is 0.323 e. The summed E-state index contributed by atoms with van der Waals surface area (Å²) in [7, 11) is 3.80. The Morgan fingerprint density at radius 3 is 2.31 bits per heavy atom. The van der Waals surface area contributed by atoms with Crippen molar-refractivity contribution in [1.82, 2.24) is 4.90 Å². The van der Waals surface area contributed by atoms with E-state index in [-0.39, 0.29) is 11.6 Å². The predicted molar refractivity (Wildman–Crippen MR) is 58.9 cm³/mol. The number of rotatable bonds is 3. The normalized spacial score (nSPS) is 19.9. The van der Waals surface area contributed by atoms with Crippen LogP contribution in [0, 0.1) is 11.6 Å². The Kier molecular flexibility index (Phi) is 2.72. The Hall–Kier alpha value is -1.00. The SMILES string of the molecule is CN(C)C(c1ccc(F)c(F)c1)C1(N)CC1. The first-order chi connectivity index (χ1) is 7.44. The van der Waals surface area contributed by atoms with Gasteiger partial charge >= 0.3 is 0 Å². The zero-order valence-corrected chi connectivity index (χ0v) is 9.50. The van der Waals surface area contributed by atoms with E-state index in [9.17, 15) is 8.78 Å². The van der Waals surface area contributed by atoms with Crippen molar-refractivity contribution in [3.63, 3.8) is 0 Å². The molecule has 1 aliphatic carbocycles. The smallest absolute Gasteiger partial charge is 0.159 e. The second kappa shape index (κ2) is 3.79. The van der Waals surface area contributed by atoms with Crippen molar-refractivity contribution in [2.24, 2.45) is 5.73 Å². The van der Waals surface area contributed by atoms with E-state index >= 15 is 0 Å². The maximum Gasteiger partial charge on any atom is 0.159 e. The van der Waals surface area contributed by atoms with Crippen molar-refractivity contribution < 1.29 is 8.78 Å². The lowest BCUT2D eigenvalue weighted by Gasteiger charge is -2.30. The minimum atomic E-state index is -0.817. The Bertz CT molecular complexity index is 400. The summed E-state index contributed by atoms with van der Waals surface area (Å²) in [5.74, 6) is -1.63. The van der Waals surface area contributed by atoms with Gasteiger partial charge in [0.25, 0.3) is 0 Å². The second-order valence-corrected chi connectivity index (χ2v) is 4.77. The first-order valence-electron chi connectivity index (χ1n) is 5.34. The molecule has 1 atom stereocenters. The molecule has 1 aliphatic rings. The molecule has 1 fully saturated rings. The van der Waals surface area contributed by atoms with Crippen LogP contribution in [-0.4, -0.2) is 24.5 Å². The van der Waals surface area contributed by atoms with Crippen LogP contribution in [0.5, 0.6) is 0 Å². The van der Waals surface area contributed by atoms with Crippen LogP contribution in [0.15, 0.2) is 18.2 Å². The number of nitrogens with zero attached hydrogens (tertiary/aromatic N) is 1. The summed E-state index contributed by atoms with van der Waals surface area (Å²) in [6.07, 6.45) is 1.85. The van der Waals surface area contributed by atoms with E-state index in [4.69, 9.17) is 5.73 Å². The minimum absolute atomic E-state index is 0.0531. The molecular formula is C12H16F2N2. The molecule has 2 N–H and O–H groups in total. The van der Waals surface area contributed by atoms with Crippen LogP contribution in [0.25, 0.3) is 0 Å². The third kappa shape index (κ3) is 1.95. The lowest BCUT2D eigenvalue weighted by atomic mass is 9.96. The Labute approximate surface area is 94.0 Å². The van der Waals surface area contributed by atoms with Gasteiger partial charge in [-0.1, -0.05) is 6.07 Å². The summed E-state index contributed by atoms with van der Waals surface area (Å²) in [6.45, 7) is 0. The van der Waals surface area contributed by atoms with E-state index in [0.29, 0.717) is 0 Å². The maximum absolute atomic E-state index is 13.2. The molecule has 1 aromatic rings. The maximum atomic E-state index is 13.2. The van der Waals surface area contributed by atoms with E-state index in [2.05, 4.69) is 0 Å². The van der Waals surface area contributed by atoms with E-state index in [0.717, 1.165) is 24.5 Å². The number of halogens is 2. The minimum Gasteiger partial charge on any atom is -0.323 e. The van der Waals surface area contributed by atoms with Gasteiger partial charge in [0.05, 0.1) is 6.04 Å². The molecule has 2 nitrogen and oxygen atoms in total. The molecule has 0 amide bonds. The van der Waals surface area contributed by atoms with Gasteiger partial charge < -0.3 is 10.6 Å². The third-order valence-electron chi connectivity index (χ3n) is 3.15. The molecule has 88 valence electrons. The molecule has 4 heteroatoms. The zero-order chi connectivity index (χ0) is 11.9. The molecule has 0 aliphatic heterocycles. The lowest BCUT2D eigenvalue weighted by Crippen LogP contribution is -2.39. The highest BCUT2D eigenvalue weighted by Crippen LogP contribution is 2.46. The number of benzene rings is 1. The summed E-state index contributed by atoms with van der Waals surface area (Å²) >= 11 is 0. The van der Waals surface area contributed by atoms with Crippen LogP contribution in [-0.2, 0) is 0 Å². The van der Waals surface area contributed by atoms with E-state index in [1.165, 1.54) is 6.07 Å². The van der Waals surface area contributed by atoms with Crippen LogP contribution < -0.4 is 5.73 Å². The van der Waals surface area contributed by atoms with Crippen molar-refractivity contribution in [3.8, 4) is 0 Å². The highest BCUT2D eigenvalue weighted by atomic mass is 19.2. The standard InChI is InChI=1S/C12H16F2N2/c1-16(2)11(12(15)5-6-12)8-3-4-9(13)10(14)7-8/h3-4,7,11H,5-6,15H2,1-2H3. The molecule has 2 rings (SSSR count). The molecular weight excluding hydrogens is 210 g/mol. The fraction of sp³-hybridized carbons (Fsp3) is 0.500. The average Bonchev–Trinajstić information content (AvgIpc) is 2.90. The highest BCUT2D eigenvalue weighted by Gasteiger charge is 2.47. The first kappa shape index (κ1) is 11.5. The molecule has 0 saturated heterocycles. The fourth-order valence-corrected chi connectivity index (χ4v) is 2.24. The van der Waals surface area contributed by atoms with Crippen molar-refractivity contribution in [2.75, 3.05) is 14.1 Å². The Morgan fingerprint density at radius 2 is 1.88 bits per heavy atom. The van der Waals surface area contributed by atoms with Crippen LogP contribution in [0.2, 0.25) is 0 Å². The first-order valence-corrected chi connectivity index (χ1v) is 5.34. The summed E-state index contributed by atoms with van der Waals surface area (Å²) in [5.41, 5.74) is 6.61. The van der Waals surface area contributed by atoms with Gasteiger partial charge in [-0.05, 0) is 44.6 Å². The molecule has 1 saturated carbocycles. The van der Waals surface area contributed by atoms with Crippen molar-refractivity contribution in [1.29, 1.82) is 0 Å². The molecule has 0 heterocycles. The van der Waals surface area contributed by atoms with Gasteiger partial charge in [0.2, 0.25) is 0 Å². The van der Waals surface area contributed by atoms with Gasteiger partial charge in [0.1, 0.15) is 0 Å². The quantitative estimate of drug-likeness (QED) is 0.854. The number of hydrogen-bond acceptors (Lipinski definition) is 2. The Balaban J connectivity index is 2.36. The highest BCUT2D eigenvalue weighted by molar-refractivity contribution is 5.27. The second-order valence-electron chi connectivity index (χ2n) is 4.77. The monoisotopic (exact) mass is 226 g/mol. The van der Waals surface area contributed by atoms with Gasteiger partial charge in [-0.2, -0.15) is 0 Å². The molecule has 0 bridgehead atoms. The number of likely N-dealkylation sites (N-methyl/N-ethyl adjacent to an activating group) is 1. The van der Waals surface area contributed by atoms with Crippen molar-refractivity contribution in [3.05, 3.63) is 35.4 Å². The zero-order valence-electron chi connectivity index (χ0n) is 9.50. The molecule has 1 aromatic carbocycles. The van der Waals surface area contributed by atoms with Gasteiger partial charge in [-0.15, -0.1) is 0 Å². The summed E-state index contributed by atoms with van der Waals surface area (Å²) in [4.78, 5) is 1.96. The summed E-state index contributed by atoms with van der Waals surface area (Å²) in [6, 6.07) is 3.96. The van der Waals surface area contributed by atoms with Gasteiger partial charge in [0.15, 0.2) is 11.6 Å². The van der Waals surface area contributed by atoms with Gasteiger partial charge in [0, 0.05) is 5.54 Å². The number of hydrogen-bond donors (Lipinski definition) is 1. The average molecular weight is 226 g/mol. The van der Waals surface area contributed by atoms with Gasteiger partial charge in [-0.25, -0.2) is 8.78 Å². The lowest BCUT2D eigenvalue weighted by molar-refractivity contribution is 0.245. The molecule has 16 heavy (non-hydrogen) atoms. The van der Waals surface area contributed by atoms with Crippen molar-refractivity contribution in [2.45, 2.75) is 24.4 Å². The Morgan fingerprint density at radius 1 is 1.25 bits per heavy atom. The van der Waals surface area contributed by atoms with Crippen LogP contribution in [0.4, 0.5) is 8.78 Å². The van der Waals surface area contributed by atoms with E-state index in [1.807, 2.05) is 19.0 Å². The van der Waals surface area contributed by atoms with Gasteiger partial charge in [-0.3, -0.25) is 0 Å². The van der Waals surface area contributed by atoms with Crippen molar-refractivity contribution >= 4 is 0 Å². The molecule has 0 aromatic heterocycles. The molecule has 0 spiro atoms. The summed E-state index contributed by atoms with van der Waals surface area (Å²) in [5, 5.41) is 0. The summed E-state index contributed by atoms with van der Waals surface area (Å²) < 4.78 is 26.0.